The first kappa shape index (κ1) is 21.8. The van der Waals surface area contributed by atoms with Gasteiger partial charge in [-0.05, 0) is 69.3 Å². The lowest BCUT2D eigenvalue weighted by Gasteiger charge is -2.16. The van der Waals surface area contributed by atoms with E-state index in [2.05, 4.69) is 27.3 Å². The topological polar surface area (TPSA) is 30.5 Å². The standard InChI is InChI=1S/C24H29BrFNO2/c1-2-28-23-14-20(16-27-13-12-18-8-4-3-5-9-18)21(25)15-24(23)29-17-19-10-6-7-11-22(19)26/h6-8,10-11,14-15,27H,2-5,9,12-13,16-17H2,1H3. The summed E-state index contributed by atoms with van der Waals surface area (Å²) in [5.41, 5.74) is 3.22. The fourth-order valence-electron chi connectivity index (χ4n) is 3.47. The molecule has 0 bridgehead atoms. The van der Waals surface area contributed by atoms with Crippen LogP contribution in [0.2, 0.25) is 0 Å². The molecule has 0 radical (unpaired) electrons. The highest BCUT2D eigenvalue weighted by Gasteiger charge is 2.12. The molecule has 1 aliphatic carbocycles. The molecule has 2 aromatic rings. The molecule has 0 heterocycles. The minimum absolute atomic E-state index is 0.159. The summed E-state index contributed by atoms with van der Waals surface area (Å²) in [5.74, 6) is 1.02. The van der Waals surface area contributed by atoms with Crippen LogP contribution in [0.3, 0.4) is 0 Å². The Morgan fingerprint density at radius 2 is 1.90 bits per heavy atom. The van der Waals surface area contributed by atoms with Crippen LogP contribution in [0, 0.1) is 5.82 Å². The molecule has 0 unspecified atom stereocenters. The molecular weight excluding hydrogens is 433 g/mol. The maximum atomic E-state index is 13.9. The number of halogens is 2. The van der Waals surface area contributed by atoms with Gasteiger partial charge in [0.1, 0.15) is 12.4 Å². The van der Waals surface area contributed by atoms with E-state index in [-0.39, 0.29) is 12.4 Å². The van der Waals surface area contributed by atoms with E-state index in [4.69, 9.17) is 9.47 Å². The number of hydrogen-bond donors (Lipinski definition) is 1. The Morgan fingerprint density at radius 1 is 1.07 bits per heavy atom. The number of hydrogen-bond acceptors (Lipinski definition) is 3. The molecule has 0 amide bonds. The summed E-state index contributed by atoms with van der Waals surface area (Å²) in [6.07, 6.45) is 8.63. The molecule has 2 aromatic carbocycles. The third-order valence-corrected chi connectivity index (χ3v) is 5.82. The summed E-state index contributed by atoms with van der Waals surface area (Å²) in [6.45, 7) is 4.36. The predicted molar refractivity (Wildman–Crippen MR) is 119 cm³/mol. The van der Waals surface area contributed by atoms with Gasteiger partial charge in [0, 0.05) is 16.6 Å². The van der Waals surface area contributed by atoms with Gasteiger partial charge in [0.25, 0.3) is 0 Å². The van der Waals surface area contributed by atoms with Crippen LogP contribution < -0.4 is 14.8 Å². The zero-order chi connectivity index (χ0) is 20.5. The number of ether oxygens (including phenoxy) is 2. The van der Waals surface area contributed by atoms with Crippen molar-refractivity contribution < 1.29 is 13.9 Å². The van der Waals surface area contributed by atoms with Gasteiger partial charge in [-0.25, -0.2) is 4.39 Å². The zero-order valence-corrected chi connectivity index (χ0v) is 18.6. The van der Waals surface area contributed by atoms with Crippen molar-refractivity contribution in [2.45, 2.75) is 52.2 Å². The summed E-state index contributed by atoms with van der Waals surface area (Å²) >= 11 is 3.64. The van der Waals surface area contributed by atoms with E-state index in [0.717, 1.165) is 29.5 Å². The van der Waals surface area contributed by atoms with Gasteiger partial charge in [-0.15, -0.1) is 0 Å². The van der Waals surface area contributed by atoms with Gasteiger partial charge in [-0.3, -0.25) is 0 Å². The Hall–Kier alpha value is -1.85. The van der Waals surface area contributed by atoms with Gasteiger partial charge in [-0.1, -0.05) is 45.8 Å². The van der Waals surface area contributed by atoms with E-state index in [1.807, 2.05) is 19.1 Å². The highest BCUT2D eigenvalue weighted by molar-refractivity contribution is 9.10. The molecule has 156 valence electrons. The molecule has 1 aliphatic rings. The lowest BCUT2D eigenvalue weighted by Crippen LogP contribution is -2.16. The normalized spacial score (nSPS) is 13.8. The van der Waals surface area contributed by atoms with Crippen LogP contribution in [0.15, 0.2) is 52.5 Å². The van der Waals surface area contributed by atoms with Crippen LogP contribution in [-0.2, 0) is 13.2 Å². The Kier molecular flexibility index (Phi) is 8.56. The van der Waals surface area contributed by atoms with Crippen molar-refractivity contribution in [1.29, 1.82) is 0 Å². The van der Waals surface area contributed by atoms with Gasteiger partial charge in [0.2, 0.25) is 0 Å². The molecule has 0 aromatic heterocycles. The van der Waals surface area contributed by atoms with Gasteiger partial charge in [0.05, 0.1) is 6.61 Å². The minimum Gasteiger partial charge on any atom is -0.490 e. The van der Waals surface area contributed by atoms with Crippen molar-refractivity contribution in [2.24, 2.45) is 0 Å². The largest absolute Gasteiger partial charge is 0.490 e. The van der Waals surface area contributed by atoms with Gasteiger partial charge in [0.15, 0.2) is 11.5 Å². The van der Waals surface area contributed by atoms with Crippen molar-refractivity contribution >= 4 is 15.9 Å². The molecule has 0 fully saturated rings. The lowest BCUT2D eigenvalue weighted by atomic mass is 9.97. The molecule has 0 saturated heterocycles. The molecule has 5 heteroatoms. The van der Waals surface area contributed by atoms with E-state index < -0.39 is 0 Å². The fraction of sp³-hybridized carbons (Fsp3) is 0.417. The fourth-order valence-corrected chi connectivity index (χ4v) is 3.93. The maximum absolute atomic E-state index is 13.9. The molecule has 1 N–H and O–H groups in total. The molecular formula is C24H29BrFNO2. The van der Waals surface area contributed by atoms with E-state index >= 15 is 0 Å². The summed E-state index contributed by atoms with van der Waals surface area (Å²) in [6, 6.07) is 10.6. The van der Waals surface area contributed by atoms with E-state index in [0.29, 0.717) is 23.7 Å². The highest BCUT2D eigenvalue weighted by Crippen LogP contribution is 2.34. The highest BCUT2D eigenvalue weighted by atomic mass is 79.9. The summed E-state index contributed by atoms with van der Waals surface area (Å²) < 4.78 is 26.5. The Balaban J connectivity index is 1.60. The second-order valence-electron chi connectivity index (χ2n) is 7.24. The van der Waals surface area contributed by atoms with Crippen LogP contribution in [0.1, 0.15) is 50.2 Å². The monoisotopic (exact) mass is 461 g/mol. The van der Waals surface area contributed by atoms with Gasteiger partial charge < -0.3 is 14.8 Å². The first-order valence-corrected chi connectivity index (χ1v) is 11.2. The summed E-state index contributed by atoms with van der Waals surface area (Å²) in [4.78, 5) is 0. The quantitative estimate of drug-likeness (QED) is 0.321. The number of rotatable bonds is 10. The van der Waals surface area contributed by atoms with Gasteiger partial charge >= 0.3 is 0 Å². The van der Waals surface area contributed by atoms with Crippen molar-refractivity contribution in [3.8, 4) is 11.5 Å². The Morgan fingerprint density at radius 3 is 2.66 bits per heavy atom. The van der Waals surface area contributed by atoms with Crippen molar-refractivity contribution in [3.05, 3.63) is 69.5 Å². The molecule has 3 rings (SSSR count). The minimum atomic E-state index is -0.265. The van der Waals surface area contributed by atoms with Crippen molar-refractivity contribution in [2.75, 3.05) is 13.2 Å². The van der Waals surface area contributed by atoms with Crippen LogP contribution >= 0.6 is 15.9 Å². The van der Waals surface area contributed by atoms with E-state index in [1.54, 1.807) is 23.8 Å². The molecule has 0 saturated carbocycles. The SMILES string of the molecule is CCOc1cc(CNCCC2=CCCCC2)c(Br)cc1OCc1ccccc1F. The second-order valence-corrected chi connectivity index (χ2v) is 8.09. The Labute approximate surface area is 181 Å². The smallest absolute Gasteiger partial charge is 0.162 e. The van der Waals surface area contributed by atoms with Crippen LogP contribution in [0.4, 0.5) is 4.39 Å². The molecule has 0 spiro atoms. The number of nitrogens with one attached hydrogen (secondary N) is 1. The van der Waals surface area contributed by atoms with Crippen LogP contribution in [0.25, 0.3) is 0 Å². The average molecular weight is 462 g/mol. The summed E-state index contributed by atoms with van der Waals surface area (Å²) in [5, 5.41) is 3.53. The molecule has 3 nitrogen and oxygen atoms in total. The van der Waals surface area contributed by atoms with Crippen molar-refractivity contribution in [1.82, 2.24) is 5.32 Å². The second kappa shape index (κ2) is 11.4. The van der Waals surface area contributed by atoms with Crippen LogP contribution in [0.5, 0.6) is 11.5 Å². The third kappa shape index (κ3) is 6.58. The zero-order valence-electron chi connectivity index (χ0n) is 17.0. The molecule has 0 atom stereocenters. The lowest BCUT2D eigenvalue weighted by molar-refractivity contribution is 0.265. The average Bonchev–Trinajstić information content (AvgIpc) is 2.74. The first-order valence-electron chi connectivity index (χ1n) is 10.4. The number of benzene rings is 2. The van der Waals surface area contributed by atoms with E-state index in [1.165, 1.54) is 31.7 Å². The number of allylic oxidation sites excluding steroid dienone is 1. The van der Waals surface area contributed by atoms with E-state index in [9.17, 15) is 4.39 Å². The Bertz CT molecular complexity index is 838. The van der Waals surface area contributed by atoms with Crippen molar-refractivity contribution in [3.63, 3.8) is 0 Å². The maximum Gasteiger partial charge on any atom is 0.162 e. The van der Waals surface area contributed by atoms with Gasteiger partial charge in [-0.2, -0.15) is 0 Å². The molecule has 29 heavy (non-hydrogen) atoms. The van der Waals surface area contributed by atoms with Crippen LogP contribution in [-0.4, -0.2) is 13.2 Å². The predicted octanol–water partition coefficient (Wildman–Crippen LogP) is 6.55. The summed E-state index contributed by atoms with van der Waals surface area (Å²) in [7, 11) is 0. The molecule has 0 aliphatic heterocycles. The first-order chi connectivity index (χ1) is 14.2. The third-order valence-electron chi connectivity index (χ3n) is 5.08.